The first-order valence-corrected chi connectivity index (χ1v) is 8.46. The largest absolute Gasteiger partial charge is 0.497 e. The van der Waals surface area contributed by atoms with Gasteiger partial charge in [0, 0.05) is 30.8 Å². The molecular weight excluding hydrogens is 304 g/mol. The molecule has 4 rings (SSSR count). The van der Waals surface area contributed by atoms with Crippen LogP contribution in [0.4, 0.5) is 5.82 Å². The van der Waals surface area contributed by atoms with Crippen LogP contribution < -0.4 is 10.1 Å². The van der Waals surface area contributed by atoms with Crippen molar-refractivity contribution < 1.29 is 9.53 Å². The first-order valence-electron chi connectivity index (χ1n) is 8.46. The minimum atomic E-state index is -0.0758. The van der Waals surface area contributed by atoms with Gasteiger partial charge in [0.15, 0.2) is 5.82 Å². The highest BCUT2D eigenvalue weighted by Crippen LogP contribution is 2.39. The van der Waals surface area contributed by atoms with Crippen molar-refractivity contribution in [2.75, 3.05) is 19.0 Å². The van der Waals surface area contributed by atoms with Gasteiger partial charge in [-0.3, -0.25) is 14.8 Å². The van der Waals surface area contributed by atoms with E-state index < -0.39 is 0 Å². The van der Waals surface area contributed by atoms with Gasteiger partial charge in [0.2, 0.25) is 5.91 Å². The van der Waals surface area contributed by atoms with Crippen molar-refractivity contribution in [1.29, 1.82) is 0 Å². The Balaban J connectivity index is 1.33. The Hall–Kier alpha value is -2.34. The molecule has 1 aliphatic carbocycles. The number of hydrogen-bond donors (Lipinski definition) is 2. The minimum absolute atomic E-state index is 0.0311. The van der Waals surface area contributed by atoms with Gasteiger partial charge in [0.05, 0.1) is 13.2 Å². The number of nitrogens with zero attached hydrogens (tertiary/aromatic N) is 2. The average Bonchev–Trinajstić information content (AvgIpc) is 3.32. The minimum Gasteiger partial charge on any atom is -0.497 e. The van der Waals surface area contributed by atoms with E-state index in [1.165, 1.54) is 18.4 Å². The topological polar surface area (TPSA) is 70.2 Å². The molecule has 1 aromatic carbocycles. The van der Waals surface area contributed by atoms with Gasteiger partial charge in [-0.1, -0.05) is 12.1 Å². The van der Waals surface area contributed by atoms with Crippen molar-refractivity contribution in [1.82, 2.24) is 15.1 Å². The zero-order valence-electron chi connectivity index (χ0n) is 13.8. The molecule has 1 amide bonds. The molecule has 1 aromatic heterocycles. The first-order chi connectivity index (χ1) is 11.7. The summed E-state index contributed by atoms with van der Waals surface area (Å²) in [7, 11) is 1.66. The maximum absolute atomic E-state index is 12.5. The smallest absolute Gasteiger partial charge is 0.242 e. The third-order valence-corrected chi connectivity index (χ3v) is 4.84. The number of aromatic amines is 1. The number of carbonyl (C=O) groups is 1. The number of ether oxygens (including phenoxy) is 1. The number of methoxy groups -OCH3 is 1. The highest BCUT2D eigenvalue weighted by atomic mass is 16.5. The Morgan fingerprint density at radius 3 is 2.75 bits per heavy atom. The second-order valence-electron chi connectivity index (χ2n) is 6.60. The molecule has 2 N–H and O–H groups in total. The van der Waals surface area contributed by atoms with Gasteiger partial charge in [0.25, 0.3) is 0 Å². The summed E-state index contributed by atoms with van der Waals surface area (Å²) in [4.78, 5) is 14.6. The van der Waals surface area contributed by atoms with Gasteiger partial charge in [0.1, 0.15) is 5.75 Å². The number of rotatable bonds is 6. The maximum atomic E-state index is 12.5. The van der Waals surface area contributed by atoms with Crippen LogP contribution in [0.25, 0.3) is 0 Å². The van der Waals surface area contributed by atoms with Crippen LogP contribution in [0.5, 0.6) is 5.75 Å². The lowest BCUT2D eigenvalue weighted by Gasteiger charge is -2.39. The van der Waals surface area contributed by atoms with Crippen molar-refractivity contribution in [3.8, 4) is 5.75 Å². The number of benzene rings is 1. The van der Waals surface area contributed by atoms with Gasteiger partial charge in [-0.25, -0.2) is 0 Å². The van der Waals surface area contributed by atoms with Gasteiger partial charge in [-0.15, -0.1) is 0 Å². The number of likely N-dealkylation sites (tertiary alicyclic amines) is 1. The van der Waals surface area contributed by atoms with E-state index in [9.17, 15) is 4.79 Å². The molecule has 1 saturated carbocycles. The standard InChI is InChI=1S/C18H22N4O2/c1-24-14-6-2-12(3-7-14)11-22-9-8-16(22)18(23)19-17-10-15(20-21-17)13-4-5-13/h2-3,6-7,10,13,16H,4-5,8-9,11H2,1H3,(H2,19,20,21,23). The third kappa shape index (κ3) is 3.14. The third-order valence-electron chi connectivity index (χ3n) is 4.84. The summed E-state index contributed by atoms with van der Waals surface area (Å²) in [5, 5.41) is 10.2. The highest BCUT2D eigenvalue weighted by Gasteiger charge is 2.34. The van der Waals surface area contributed by atoms with Crippen LogP contribution >= 0.6 is 0 Å². The normalized spacial score (nSPS) is 20.5. The Labute approximate surface area is 141 Å². The molecule has 2 fully saturated rings. The number of aromatic nitrogens is 2. The molecule has 0 bridgehead atoms. The number of nitrogens with one attached hydrogen (secondary N) is 2. The summed E-state index contributed by atoms with van der Waals surface area (Å²) in [6.45, 7) is 1.72. The fourth-order valence-electron chi connectivity index (χ4n) is 3.11. The lowest BCUT2D eigenvalue weighted by molar-refractivity contribution is -0.125. The zero-order valence-corrected chi connectivity index (χ0v) is 13.8. The van der Waals surface area contributed by atoms with Gasteiger partial charge >= 0.3 is 0 Å². The number of H-pyrrole nitrogens is 1. The van der Waals surface area contributed by atoms with Crippen LogP contribution in [-0.4, -0.2) is 40.7 Å². The Morgan fingerprint density at radius 2 is 2.12 bits per heavy atom. The number of hydrogen-bond acceptors (Lipinski definition) is 4. The first kappa shape index (κ1) is 15.2. The van der Waals surface area contributed by atoms with Crippen LogP contribution in [0.3, 0.4) is 0 Å². The molecule has 2 aliphatic rings. The van der Waals surface area contributed by atoms with Crippen LogP contribution in [0.2, 0.25) is 0 Å². The molecule has 1 saturated heterocycles. The molecule has 0 spiro atoms. The zero-order chi connectivity index (χ0) is 16.5. The number of carbonyl (C=O) groups excluding carboxylic acids is 1. The Morgan fingerprint density at radius 1 is 1.33 bits per heavy atom. The van der Waals surface area contributed by atoms with Gasteiger partial charge < -0.3 is 10.1 Å². The van der Waals surface area contributed by atoms with Gasteiger partial charge in [-0.2, -0.15) is 5.10 Å². The quantitative estimate of drug-likeness (QED) is 0.856. The predicted molar refractivity (Wildman–Crippen MR) is 91.0 cm³/mol. The summed E-state index contributed by atoms with van der Waals surface area (Å²) in [6.07, 6.45) is 3.32. The van der Waals surface area contributed by atoms with E-state index in [0.29, 0.717) is 11.7 Å². The number of anilines is 1. The Bertz CT molecular complexity index is 721. The van der Waals surface area contributed by atoms with E-state index in [1.54, 1.807) is 7.11 Å². The monoisotopic (exact) mass is 326 g/mol. The van der Waals surface area contributed by atoms with Crippen molar-refractivity contribution in [2.24, 2.45) is 0 Å². The summed E-state index contributed by atoms with van der Waals surface area (Å²) >= 11 is 0. The van der Waals surface area contributed by atoms with Gasteiger partial charge in [-0.05, 0) is 37.0 Å². The molecule has 1 aliphatic heterocycles. The molecule has 2 aromatic rings. The maximum Gasteiger partial charge on any atom is 0.242 e. The van der Waals surface area contributed by atoms with E-state index in [1.807, 2.05) is 30.3 Å². The summed E-state index contributed by atoms with van der Waals surface area (Å²) < 4.78 is 5.18. The van der Waals surface area contributed by atoms with Crippen LogP contribution in [0.1, 0.15) is 36.4 Å². The SMILES string of the molecule is COc1ccc(CN2CCC2C(=O)Nc2cc(C3CC3)[nH]n2)cc1. The molecule has 126 valence electrons. The second-order valence-corrected chi connectivity index (χ2v) is 6.60. The molecule has 1 unspecified atom stereocenters. The predicted octanol–water partition coefficient (Wildman–Crippen LogP) is 2.51. The molecule has 6 heteroatoms. The van der Waals surface area contributed by atoms with E-state index >= 15 is 0 Å². The van der Waals surface area contributed by atoms with Crippen molar-refractivity contribution in [2.45, 2.75) is 37.8 Å². The molecule has 24 heavy (non-hydrogen) atoms. The Kier molecular flexibility index (Phi) is 3.98. The van der Waals surface area contributed by atoms with E-state index in [-0.39, 0.29) is 11.9 Å². The summed E-state index contributed by atoms with van der Waals surface area (Å²) in [5.74, 6) is 2.13. The van der Waals surface area contributed by atoms with Crippen LogP contribution in [-0.2, 0) is 11.3 Å². The van der Waals surface area contributed by atoms with Crippen molar-refractivity contribution in [3.63, 3.8) is 0 Å². The van der Waals surface area contributed by atoms with E-state index in [2.05, 4.69) is 20.4 Å². The molecule has 6 nitrogen and oxygen atoms in total. The molecule has 2 heterocycles. The van der Waals surface area contributed by atoms with Crippen LogP contribution in [0.15, 0.2) is 30.3 Å². The molecular formula is C18H22N4O2. The lowest BCUT2D eigenvalue weighted by atomic mass is 10.0. The molecule has 0 radical (unpaired) electrons. The highest BCUT2D eigenvalue weighted by molar-refractivity contribution is 5.94. The second kappa shape index (κ2) is 6.28. The summed E-state index contributed by atoms with van der Waals surface area (Å²) in [5.41, 5.74) is 2.32. The fourth-order valence-corrected chi connectivity index (χ4v) is 3.11. The fraction of sp³-hybridized carbons (Fsp3) is 0.444. The van der Waals surface area contributed by atoms with E-state index in [0.717, 1.165) is 31.0 Å². The van der Waals surface area contributed by atoms with Crippen molar-refractivity contribution >= 4 is 11.7 Å². The summed E-state index contributed by atoms with van der Waals surface area (Å²) in [6, 6.07) is 9.87. The van der Waals surface area contributed by atoms with E-state index in [4.69, 9.17) is 4.74 Å². The average molecular weight is 326 g/mol. The molecule has 1 atom stereocenters. The lowest BCUT2D eigenvalue weighted by Crippen LogP contribution is -2.53. The van der Waals surface area contributed by atoms with Crippen molar-refractivity contribution in [3.05, 3.63) is 41.6 Å². The number of amides is 1. The van der Waals surface area contributed by atoms with Crippen LogP contribution in [0, 0.1) is 0 Å².